The van der Waals surface area contributed by atoms with Gasteiger partial charge in [-0.05, 0) is 62.3 Å². The van der Waals surface area contributed by atoms with Gasteiger partial charge in [-0.2, -0.15) is 0 Å². The lowest BCUT2D eigenvalue weighted by Gasteiger charge is -2.28. The molecule has 1 heterocycles. The first kappa shape index (κ1) is 16.0. The molecule has 1 aromatic carbocycles. The molecular formula is C13H10BrIN2O4. The molecule has 0 bridgehead atoms. The van der Waals surface area contributed by atoms with Gasteiger partial charge in [-0.3, -0.25) is 19.4 Å². The quantitative estimate of drug-likeness (QED) is 0.392. The van der Waals surface area contributed by atoms with Gasteiger partial charge in [0.05, 0.1) is 8.04 Å². The van der Waals surface area contributed by atoms with Gasteiger partial charge in [-0.15, -0.1) is 0 Å². The number of carbonyl (C=O) groups is 3. The standard InChI is InChI=1S/C13H10BrIN2O4/c1-16-11(19)7(12(20)17(2)13(16)21)3-6-4-8(14)10(18)9(15)5-6/h3-5,18H,1-2H3. The molecule has 6 nitrogen and oxygen atoms in total. The van der Waals surface area contributed by atoms with Crippen molar-refractivity contribution in [1.29, 1.82) is 0 Å². The summed E-state index contributed by atoms with van der Waals surface area (Å²) in [4.78, 5) is 37.5. The highest BCUT2D eigenvalue weighted by atomic mass is 127. The normalized spacial score (nSPS) is 15.8. The monoisotopic (exact) mass is 464 g/mol. The third-order valence-corrected chi connectivity index (χ3v) is 4.42. The summed E-state index contributed by atoms with van der Waals surface area (Å²) in [7, 11) is 2.63. The number of aromatic hydroxyl groups is 1. The van der Waals surface area contributed by atoms with Crippen LogP contribution in [0.4, 0.5) is 4.79 Å². The summed E-state index contributed by atoms with van der Waals surface area (Å²) in [6.45, 7) is 0. The fourth-order valence-corrected chi connectivity index (χ4v) is 3.31. The van der Waals surface area contributed by atoms with Crippen molar-refractivity contribution in [2.75, 3.05) is 14.1 Å². The van der Waals surface area contributed by atoms with Crippen molar-refractivity contribution >= 4 is 62.4 Å². The summed E-state index contributed by atoms with van der Waals surface area (Å²) in [5, 5.41) is 9.69. The average molecular weight is 465 g/mol. The van der Waals surface area contributed by atoms with Crippen molar-refractivity contribution in [3.8, 4) is 5.75 Å². The highest BCUT2D eigenvalue weighted by molar-refractivity contribution is 14.1. The molecule has 4 amide bonds. The van der Waals surface area contributed by atoms with Crippen LogP contribution in [0.15, 0.2) is 22.2 Å². The van der Waals surface area contributed by atoms with Gasteiger partial charge in [-0.25, -0.2) is 4.79 Å². The molecule has 0 spiro atoms. The molecule has 110 valence electrons. The van der Waals surface area contributed by atoms with Crippen LogP contribution in [-0.4, -0.2) is 46.8 Å². The van der Waals surface area contributed by atoms with E-state index in [1.54, 1.807) is 12.1 Å². The highest BCUT2D eigenvalue weighted by Crippen LogP contribution is 2.31. The molecule has 0 aromatic heterocycles. The van der Waals surface area contributed by atoms with Gasteiger partial charge in [0.15, 0.2) is 0 Å². The van der Waals surface area contributed by atoms with Gasteiger partial charge in [0.25, 0.3) is 11.8 Å². The number of phenolic OH excluding ortho intramolecular Hbond substituents is 1. The van der Waals surface area contributed by atoms with Gasteiger partial charge < -0.3 is 5.11 Å². The second-order valence-corrected chi connectivity index (χ2v) is 6.42. The molecule has 1 aliphatic heterocycles. The molecule has 1 aliphatic rings. The molecule has 1 N–H and O–H groups in total. The lowest BCUT2D eigenvalue weighted by atomic mass is 10.1. The first-order chi connectivity index (χ1) is 9.73. The Bertz CT molecular complexity index is 652. The van der Waals surface area contributed by atoms with Gasteiger partial charge in [-0.1, -0.05) is 0 Å². The SMILES string of the molecule is CN1C(=O)C(=Cc2cc(Br)c(O)c(I)c2)C(=O)N(C)C1=O. The largest absolute Gasteiger partial charge is 0.506 e. The Morgan fingerprint density at radius 2 is 1.67 bits per heavy atom. The number of amides is 4. The molecule has 0 atom stereocenters. The fourth-order valence-electron chi connectivity index (χ4n) is 1.81. The van der Waals surface area contributed by atoms with E-state index < -0.39 is 17.8 Å². The van der Waals surface area contributed by atoms with E-state index in [2.05, 4.69) is 15.9 Å². The maximum atomic E-state index is 12.1. The summed E-state index contributed by atoms with van der Waals surface area (Å²) < 4.78 is 1.03. The van der Waals surface area contributed by atoms with E-state index in [1.165, 1.54) is 20.2 Å². The summed E-state index contributed by atoms with van der Waals surface area (Å²) in [6, 6.07) is 2.55. The van der Waals surface area contributed by atoms with Gasteiger partial charge >= 0.3 is 6.03 Å². The fraction of sp³-hybridized carbons (Fsp3) is 0.154. The Morgan fingerprint density at radius 3 is 2.14 bits per heavy atom. The molecule has 8 heteroatoms. The van der Waals surface area contributed by atoms with Crippen molar-refractivity contribution in [2.45, 2.75) is 0 Å². The number of carbonyl (C=O) groups excluding carboxylic acids is 3. The molecule has 1 fully saturated rings. The minimum Gasteiger partial charge on any atom is -0.506 e. The van der Waals surface area contributed by atoms with E-state index >= 15 is 0 Å². The number of phenols is 1. The molecule has 1 aromatic rings. The molecule has 21 heavy (non-hydrogen) atoms. The zero-order valence-electron chi connectivity index (χ0n) is 11.1. The average Bonchev–Trinajstić information content (AvgIpc) is 2.45. The lowest BCUT2D eigenvalue weighted by Crippen LogP contribution is -2.52. The Labute approximate surface area is 142 Å². The number of barbiturate groups is 1. The van der Waals surface area contributed by atoms with Crippen LogP contribution in [0.1, 0.15) is 5.56 Å². The van der Waals surface area contributed by atoms with E-state index in [0.717, 1.165) is 9.80 Å². The second-order valence-electron chi connectivity index (χ2n) is 4.40. The minimum absolute atomic E-state index is 0.0865. The van der Waals surface area contributed by atoms with Crippen LogP contribution < -0.4 is 0 Å². The molecule has 0 radical (unpaired) electrons. The number of imide groups is 2. The van der Waals surface area contributed by atoms with Crippen LogP contribution in [0.5, 0.6) is 5.75 Å². The van der Waals surface area contributed by atoms with E-state index in [0.29, 0.717) is 13.6 Å². The predicted octanol–water partition coefficient (Wildman–Crippen LogP) is 2.19. The maximum Gasteiger partial charge on any atom is 0.333 e. The Kier molecular flexibility index (Phi) is 4.38. The first-order valence-electron chi connectivity index (χ1n) is 5.73. The molecule has 0 saturated carbocycles. The summed E-state index contributed by atoms with van der Waals surface area (Å²) in [5.74, 6) is -1.21. The van der Waals surface area contributed by atoms with Crippen LogP contribution in [0.25, 0.3) is 6.08 Å². The number of benzene rings is 1. The van der Waals surface area contributed by atoms with Crippen molar-refractivity contribution in [3.05, 3.63) is 31.3 Å². The van der Waals surface area contributed by atoms with Crippen molar-refractivity contribution in [2.24, 2.45) is 0 Å². The van der Waals surface area contributed by atoms with E-state index in [-0.39, 0.29) is 11.3 Å². The second kappa shape index (κ2) is 5.76. The number of hydrogen-bond donors (Lipinski definition) is 1. The molecule has 2 rings (SSSR count). The number of nitrogens with zero attached hydrogens (tertiary/aromatic N) is 2. The topological polar surface area (TPSA) is 77.9 Å². The van der Waals surface area contributed by atoms with E-state index in [1.807, 2.05) is 22.6 Å². The minimum atomic E-state index is -0.663. The van der Waals surface area contributed by atoms with Crippen LogP contribution in [0, 0.1) is 3.57 Å². The van der Waals surface area contributed by atoms with Crippen molar-refractivity contribution in [3.63, 3.8) is 0 Å². The highest BCUT2D eigenvalue weighted by Gasteiger charge is 2.37. The molecular weight excluding hydrogens is 455 g/mol. The van der Waals surface area contributed by atoms with Crippen molar-refractivity contribution in [1.82, 2.24) is 9.80 Å². The molecule has 0 unspecified atom stereocenters. The number of rotatable bonds is 1. The van der Waals surface area contributed by atoms with Crippen LogP contribution in [-0.2, 0) is 9.59 Å². The lowest BCUT2D eigenvalue weighted by molar-refractivity contribution is -0.134. The number of urea groups is 1. The van der Waals surface area contributed by atoms with Gasteiger partial charge in [0, 0.05) is 14.1 Å². The van der Waals surface area contributed by atoms with Crippen LogP contribution >= 0.6 is 38.5 Å². The van der Waals surface area contributed by atoms with E-state index in [4.69, 9.17) is 0 Å². The Morgan fingerprint density at radius 1 is 1.14 bits per heavy atom. The summed E-state index contributed by atoms with van der Waals surface area (Å²) in [5.41, 5.74) is 0.463. The van der Waals surface area contributed by atoms with Crippen LogP contribution in [0.3, 0.4) is 0 Å². The van der Waals surface area contributed by atoms with Crippen molar-refractivity contribution < 1.29 is 19.5 Å². The number of hydrogen-bond acceptors (Lipinski definition) is 4. The maximum absolute atomic E-state index is 12.1. The molecule has 1 saturated heterocycles. The van der Waals surface area contributed by atoms with Crippen LogP contribution in [0.2, 0.25) is 0 Å². The summed E-state index contributed by atoms with van der Waals surface area (Å²) >= 11 is 5.13. The predicted molar refractivity (Wildman–Crippen MR) is 87.4 cm³/mol. The molecule has 0 aliphatic carbocycles. The van der Waals surface area contributed by atoms with Gasteiger partial charge in [0.1, 0.15) is 11.3 Å². The number of halogens is 2. The third-order valence-electron chi connectivity index (χ3n) is 2.99. The zero-order chi connectivity index (χ0) is 15.9. The number of likely N-dealkylation sites (N-methyl/N-ethyl adjacent to an activating group) is 2. The first-order valence-corrected chi connectivity index (χ1v) is 7.61. The van der Waals surface area contributed by atoms with Gasteiger partial charge in [0.2, 0.25) is 0 Å². The third kappa shape index (κ3) is 2.82. The Balaban J connectivity index is 2.51. The summed E-state index contributed by atoms with van der Waals surface area (Å²) in [6.07, 6.45) is 1.40. The Hall–Kier alpha value is -1.42. The zero-order valence-corrected chi connectivity index (χ0v) is 14.8. The van der Waals surface area contributed by atoms with E-state index in [9.17, 15) is 19.5 Å². The smallest absolute Gasteiger partial charge is 0.333 e.